The molecule has 2 N–H and O–H groups in total. The van der Waals surface area contributed by atoms with Gasteiger partial charge in [-0.2, -0.15) is 4.31 Å². The van der Waals surface area contributed by atoms with Crippen LogP contribution in [0.5, 0.6) is 0 Å². The molecular weight excluding hydrogens is 326 g/mol. The quantitative estimate of drug-likeness (QED) is 0.828. The van der Waals surface area contributed by atoms with Crippen LogP contribution in [-0.2, 0) is 14.8 Å². The third kappa shape index (κ3) is 3.79. The van der Waals surface area contributed by atoms with Crippen LogP contribution in [-0.4, -0.2) is 50.9 Å². The smallest absolute Gasteiger partial charge is 0.243 e. The van der Waals surface area contributed by atoms with E-state index in [1.807, 2.05) is 0 Å². The van der Waals surface area contributed by atoms with Crippen molar-refractivity contribution in [3.8, 4) is 0 Å². The van der Waals surface area contributed by atoms with Gasteiger partial charge in [0, 0.05) is 51.4 Å². The second-order valence-electron chi connectivity index (χ2n) is 6.75. The van der Waals surface area contributed by atoms with Gasteiger partial charge in [0.05, 0.1) is 24.0 Å². The van der Waals surface area contributed by atoms with Crippen LogP contribution in [0, 0.1) is 0 Å². The molecule has 0 aliphatic carbocycles. The molecule has 2 aliphatic heterocycles. The molecule has 1 aromatic rings. The van der Waals surface area contributed by atoms with Gasteiger partial charge in [-0.3, -0.25) is 4.79 Å². The summed E-state index contributed by atoms with van der Waals surface area (Å²) in [4.78, 5) is 13.0. The van der Waals surface area contributed by atoms with Crippen molar-refractivity contribution in [1.29, 1.82) is 0 Å². The van der Waals surface area contributed by atoms with Crippen LogP contribution in [0.25, 0.3) is 0 Å². The summed E-state index contributed by atoms with van der Waals surface area (Å²) in [5, 5.41) is 2.65. The first kappa shape index (κ1) is 17.4. The Labute approximate surface area is 143 Å². The fraction of sp³-hybridized carbons (Fsp3) is 0.588. The summed E-state index contributed by atoms with van der Waals surface area (Å²) in [5.74, 6) is -0.169. The lowest BCUT2D eigenvalue weighted by Crippen LogP contribution is -3.14. The number of anilines is 1. The third-order valence-electron chi connectivity index (χ3n) is 5.09. The molecule has 132 valence electrons. The zero-order valence-corrected chi connectivity index (χ0v) is 14.9. The minimum atomic E-state index is -3.44. The summed E-state index contributed by atoms with van der Waals surface area (Å²) in [6.07, 6.45) is 4.49. The highest BCUT2D eigenvalue weighted by Gasteiger charge is 2.34. The van der Waals surface area contributed by atoms with E-state index in [9.17, 15) is 13.2 Å². The Morgan fingerprint density at radius 2 is 1.71 bits per heavy atom. The third-order valence-corrected chi connectivity index (χ3v) is 7.00. The second-order valence-corrected chi connectivity index (χ2v) is 8.69. The maximum Gasteiger partial charge on any atom is 0.243 e. The molecule has 0 bridgehead atoms. The van der Waals surface area contributed by atoms with Crippen molar-refractivity contribution in [2.45, 2.75) is 43.5 Å². The molecule has 0 aromatic heterocycles. The molecule has 0 saturated carbocycles. The highest BCUT2D eigenvalue weighted by molar-refractivity contribution is 7.89. The molecule has 2 aliphatic rings. The van der Waals surface area contributed by atoms with Gasteiger partial charge in [0.1, 0.15) is 0 Å². The van der Waals surface area contributed by atoms with Gasteiger partial charge >= 0.3 is 0 Å². The van der Waals surface area contributed by atoms with Crippen molar-refractivity contribution in [2.75, 3.05) is 31.5 Å². The monoisotopic (exact) mass is 352 g/mol. The first-order valence-electron chi connectivity index (χ1n) is 8.69. The molecule has 24 heavy (non-hydrogen) atoms. The number of benzene rings is 1. The summed E-state index contributed by atoms with van der Waals surface area (Å²) in [7, 11) is -3.44. The van der Waals surface area contributed by atoms with E-state index in [1.54, 1.807) is 33.5 Å². The molecule has 2 heterocycles. The normalized spacial score (nSPS) is 21.0. The van der Waals surface area contributed by atoms with Gasteiger partial charge in [-0.25, -0.2) is 8.42 Å². The van der Waals surface area contributed by atoms with Crippen LogP contribution >= 0.6 is 0 Å². The van der Waals surface area contributed by atoms with Crippen molar-refractivity contribution >= 4 is 21.6 Å². The topological polar surface area (TPSA) is 70.9 Å². The Hall–Kier alpha value is -1.44. The molecule has 0 atom stereocenters. The first-order chi connectivity index (χ1) is 11.5. The SMILES string of the molecule is CC(=O)Nc1ccc(S(=O)(=O)N2CCC([NH+]3CCCC3)CC2)cc1. The Morgan fingerprint density at radius 3 is 2.25 bits per heavy atom. The predicted octanol–water partition coefficient (Wildman–Crippen LogP) is 0.477. The fourth-order valence-electron chi connectivity index (χ4n) is 3.80. The number of amides is 1. The van der Waals surface area contributed by atoms with Crippen molar-refractivity contribution in [3.05, 3.63) is 24.3 Å². The predicted molar refractivity (Wildman–Crippen MR) is 92.5 cm³/mol. The van der Waals surface area contributed by atoms with Crippen LogP contribution < -0.4 is 10.2 Å². The molecular formula is C17H26N3O3S+. The number of carbonyl (C=O) groups is 1. The van der Waals surface area contributed by atoms with Crippen molar-refractivity contribution in [1.82, 2.24) is 4.31 Å². The largest absolute Gasteiger partial charge is 0.332 e. The van der Waals surface area contributed by atoms with Crippen molar-refractivity contribution < 1.29 is 18.1 Å². The molecule has 2 saturated heterocycles. The van der Waals surface area contributed by atoms with Gasteiger partial charge in [0.2, 0.25) is 15.9 Å². The lowest BCUT2D eigenvalue weighted by atomic mass is 10.1. The van der Waals surface area contributed by atoms with Gasteiger partial charge < -0.3 is 10.2 Å². The molecule has 1 amide bonds. The molecule has 1 aromatic carbocycles. The zero-order chi connectivity index (χ0) is 17.2. The Kier molecular flexibility index (Phi) is 5.22. The average Bonchev–Trinajstić information content (AvgIpc) is 3.09. The summed E-state index contributed by atoms with van der Waals surface area (Å²) in [6, 6.07) is 7.02. The standard InChI is InChI=1S/C17H25N3O3S/c1-14(21)18-15-4-6-17(7-5-15)24(22,23)20-12-8-16(9-13-20)19-10-2-3-11-19/h4-7,16H,2-3,8-13H2,1H3,(H,18,21)/p+1. The maximum absolute atomic E-state index is 12.8. The molecule has 0 radical (unpaired) electrons. The van der Waals surface area contributed by atoms with Gasteiger partial charge in [-0.1, -0.05) is 0 Å². The number of hydrogen-bond acceptors (Lipinski definition) is 3. The Balaban J connectivity index is 1.64. The highest BCUT2D eigenvalue weighted by atomic mass is 32.2. The van der Waals surface area contributed by atoms with Crippen molar-refractivity contribution in [3.63, 3.8) is 0 Å². The molecule has 7 heteroatoms. The van der Waals surface area contributed by atoms with Gasteiger partial charge in [-0.15, -0.1) is 0 Å². The van der Waals surface area contributed by atoms with E-state index >= 15 is 0 Å². The van der Waals surface area contributed by atoms with Gasteiger partial charge in [0.15, 0.2) is 0 Å². The second kappa shape index (κ2) is 7.21. The van der Waals surface area contributed by atoms with E-state index in [4.69, 9.17) is 0 Å². The molecule has 0 unspecified atom stereocenters. The summed E-state index contributed by atoms with van der Waals surface area (Å²) < 4.78 is 27.2. The van der Waals surface area contributed by atoms with Crippen LogP contribution in [0.2, 0.25) is 0 Å². The van der Waals surface area contributed by atoms with Crippen LogP contribution in [0.1, 0.15) is 32.6 Å². The molecule has 6 nitrogen and oxygen atoms in total. The fourth-order valence-corrected chi connectivity index (χ4v) is 5.27. The number of nitrogens with one attached hydrogen (secondary N) is 2. The van der Waals surface area contributed by atoms with E-state index in [1.165, 1.54) is 32.9 Å². The van der Waals surface area contributed by atoms with E-state index in [0.29, 0.717) is 29.7 Å². The van der Waals surface area contributed by atoms with Crippen LogP contribution in [0.15, 0.2) is 29.2 Å². The van der Waals surface area contributed by atoms with E-state index in [-0.39, 0.29) is 5.91 Å². The number of piperidine rings is 1. The summed E-state index contributed by atoms with van der Waals surface area (Å²) >= 11 is 0. The Morgan fingerprint density at radius 1 is 1.12 bits per heavy atom. The average molecular weight is 352 g/mol. The number of likely N-dealkylation sites (tertiary alicyclic amines) is 1. The van der Waals surface area contributed by atoms with Crippen LogP contribution in [0.3, 0.4) is 0 Å². The molecule has 0 spiro atoms. The van der Waals surface area contributed by atoms with Gasteiger partial charge in [0.25, 0.3) is 0 Å². The number of rotatable bonds is 4. The summed E-state index contributed by atoms with van der Waals surface area (Å²) in [6.45, 7) is 5.11. The maximum atomic E-state index is 12.8. The molecule has 3 rings (SSSR count). The number of carbonyl (C=O) groups excluding carboxylic acids is 1. The lowest BCUT2D eigenvalue weighted by molar-refractivity contribution is -0.914. The number of nitrogens with zero attached hydrogens (tertiary/aromatic N) is 1. The minimum Gasteiger partial charge on any atom is -0.332 e. The van der Waals surface area contributed by atoms with Crippen LogP contribution in [0.4, 0.5) is 5.69 Å². The number of quaternary nitrogens is 1. The zero-order valence-electron chi connectivity index (χ0n) is 14.1. The van der Waals surface area contributed by atoms with E-state index in [0.717, 1.165) is 12.8 Å². The first-order valence-corrected chi connectivity index (χ1v) is 10.1. The highest BCUT2D eigenvalue weighted by Crippen LogP contribution is 2.22. The molecule has 2 fully saturated rings. The minimum absolute atomic E-state index is 0.169. The van der Waals surface area contributed by atoms with E-state index in [2.05, 4.69) is 5.32 Å². The van der Waals surface area contributed by atoms with Crippen molar-refractivity contribution in [2.24, 2.45) is 0 Å². The number of hydrogen-bond donors (Lipinski definition) is 2. The lowest BCUT2D eigenvalue weighted by Gasteiger charge is -2.33. The number of sulfonamides is 1. The van der Waals surface area contributed by atoms with E-state index < -0.39 is 10.0 Å². The Bertz CT molecular complexity index is 674. The van der Waals surface area contributed by atoms with Gasteiger partial charge in [-0.05, 0) is 24.3 Å². The summed E-state index contributed by atoms with van der Waals surface area (Å²) in [5.41, 5.74) is 0.609.